The van der Waals surface area contributed by atoms with Gasteiger partial charge in [-0.25, -0.2) is 0 Å². The smallest absolute Gasteiger partial charge is 0.305 e. The Morgan fingerprint density at radius 1 is 1.26 bits per heavy atom. The molecule has 19 heavy (non-hydrogen) atoms. The molecule has 0 aromatic heterocycles. The molecule has 2 unspecified atom stereocenters. The average Bonchev–Trinajstić information content (AvgIpc) is 2.34. The summed E-state index contributed by atoms with van der Waals surface area (Å²) in [5.41, 5.74) is 1.17. The van der Waals surface area contributed by atoms with Crippen molar-refractivity contribution >= 4 is 5.97 Å². The monoisotopic (exact) mass is 263 g/mol. The van der Waals surface area contributed by atoms with Crippen LogP contribution in [-0.2, 0) is 4.79 Å². The molecule has 0 fully saturated rings. The maximum Gasteiger partial charge on any atom is 0.305 e. The molecular weight excluding hydrogens is 238 g/mol. The highest BCUT2D eigenvalue weighted by atomic mass is 16.4. The van der Waals surface area contributed by atoms with Crippen molar-refractivity contribution in [3.8, 4) is 0 Å². The van der Waals surface area contributed by atoms with Gasteiger partial charge in [-0.2, -0.15) is 0 Å². The molecule has 0 saturated heterocycles. The van der Waals surface area contributed by atoms with Crippen LogP contribution >= 0.6 is 0 Å². The largest absolute Gasteiger partial charge is 0.481 e. The molecule has 1 aromatic carbocycles. The summed E-state index contributed by atoms with van der Waals surface area (Å²) in [4.78, 5) is 13.3. The summed E-state index contributed by atoms with van der Waals surface area (Å²) in [6.07, 6.45) is 0.126. The highest BCUT2D eigenvalue weighted by molar-refractivity contribution is 5.68. The third kappa shape index (κ3) is 4.35. The fourth-order valence-corrected chi connectivity index (χ4v) is 2.22. The second kappa shape index (κ2) is 6.20. The average molecular weight is 263 g/mol. The van der Waals surface area contributed by atoms with E-state index >= 15 is 0 Å². The van der Waals surface area contributed by atoms with Gasteiger partial charge in [-0.3, -0.25) is 9.69 Å². The summed E-state index contributed by atoms with van der Waals surface area (Å²) in [5, 5.41) is 9.15. The fourth-order valence-electron chi connectivity index (χ4n) is 2.22. The van der Waals surface area contributed by atoms with Gasteiger partial charge in [-0.15, -0.1) is 0 Å². The standard InChI is InChI=1S/C16H25NO2/c1-12(16(2,3)4)17(5)14(11-15(18)19)13-9-7-6-8-10-13/h6-10,12,14H,11H2,1-5H3,(H,18,19). The molecule has 0 radical (unpaired) electrons. The summed E-state index contributed by atoms with van der Waals surface area (Å²) in [5.74, 6) is -0.762. The van der Waals surface area contributed by atoms with Gasteiger partial charge in [0, 0.05) is 12.1 Å². The second-order valence-electron chi connectivity index (χ2n) is 6.23. The van der Waals surface area contributed by atoms with E-state index in [9.17, 15) is 4.79 Å². The summed E-state index contributed by atoms with van der Waals surface area (Å²) >= 11 is 0. The molecule has 0 aliphatic rings. The first-order chi connectivity index (χ1) is 8.73. The Morgan fingerprint density at radius 2 is 1.79 bits per heavy atom. The fraction of sp³-hybridized carbons (Fsp3) is 0.562. The lowest BCUT2D eigenvalue weighted by atomic mass is 9.85. The van der Waals surface area contributed by atoms with Crippen LogP contribution in [0, 0.1) is 5.41 Å². The van der Waals surface area contributed by atoms with Crippen molar-refractivity contribution in [3.05, 3.63) is 35.9 Å². The zero-order valence-corrected chi connectivity index (χ0v) is 12.6. The molecule has 0 amide bonds. The number of carbonyl (C=O) groups is 1. The van der Waals surface area contributed by atoms with Crippen LogP contribution in [0.2, 0.25) is 0 Å². The number of carboxylic acids is 1. The predicted octanol–water partition coefficient (Wildman–Crippen LogP) is 3.57. The molecule has 3 nitrogen and oxygen atoms in total. The Labute approximate surface area is 116 Å². The predicted molar refractivity (Wildman–Crippen MR) is 78.1 cm³/mol. The molecule has 0 bridgehead atoms. The molecule has 2 atom stereocenters. The molecule has 1 N–H and O–H groups in total. The number of benzene rings is 1. The summed E-state index contributed by atoms with van der Waals surface area (Å²) in [7, 11) is 2.01. The van der Waals surface area contributed by atoms with Crippen molar-refractivity contribution < 1.29 is 9.90 Å². The molecule has 0 heterocycles. The van der Waals surface area contributed by atoms with Gasteiger partial charge in [-0.05, 0) is 24.9 Å². The summed E-state index contributed by atoms with van der Waals surface area (Å²) < 4.78 is 0. The van der Waals surface area contributed by atoms with Gasteiger partial charge in [-0.1, -0.05) is 51.1 Å². The molecule has 1 aromatic rings. The normalized spacial score (nSPS) is 15.3. The minimum Gasteiger partial charge on any atom is -0.481 e. The van der Waals surface area contributed by atoms with E-state index in [1.165, 1.54) is 0 Å². The SMILES string of the molecule is CC(N(C)C(CC(=O)O)c1ccccc1)C(C)(C)C. The molecule has 0 aliphatic heterocycles. The van der Waals surface area contributed by atoms with Gasteiger partial charge >= 0.3 is 5.97 Å². The third-order valence-corrected chi connectivity index (χ3v) is 3.91. The van der Waals surface area contributed by atoms with Crippen LogP contribution in [0.4, 0.5) is 0 Å². The molecule has 0 saturated carbocycles. The Bertz CT molecular complexity index is 409. The first-order valence-electron chi connectivity index (χ1n) is 6.72. The van der Waals surface area contributed by atoms with E-state index in [0.29, 0.717) is 0 Å². The van der Waals surface area contributed by atoms with Crippen molar-refractivity contribution in [1.82, 2.24) is 4.90 Å². The lowest BCUT2D eigenvalue weighted by Crippen LogP contribution is -2.42. The van der Waals surface area contributed by atoms with Crippen molar-refractivity contribution in [2.75, 3.05) is 7.05 Å². The molecule has 0 aliphatic carbocycles. The minimum absolute atomic E-state index is 0.0899. The van der Waals surface area contributed by atoms with Crippen LogP contribution in [0.25, 0.3) is 0 Å². The molecule has 1 rings (SSSR count). The van der Waals surface area contributed by atoms with Gasteiger partial charge in [0.05, 0.1) is 6.42 Å². The molecular formula is C16H25NO2. The van der Waals surface area contributed by atoms with Crippen LogP contribution in [0.3, 0.4) is 0 Å². The Hall–Kier alpha value is -1.35. The van der Waals surface area contributed by atoms with Crippen molar-refractivity contribution in [2.45, 2.75) is 46.2 Å². The number of aliphatic carboxylic acids is 1. The van der Waals surface area contributed by atoms with E-state index in [2.05, 4.69) is 32.6 Å². The van der Waals surface area contributed by atoms with Crippen molar-refractivity contribution in [1.29, 1.82) is 0 Å². The highest BCUT2D eigenvalue weighted by Crippen LogP contribution is 2.31. The van der Waals surface area contributed by atoms with Gasteiger partial charge in [0.25, 0.3) is 0 Å². The first kappa shape index (κ1) is 15.7. The van der Waals surface area contributed by atoms with E-state index < -0.39 is 5.97 Å². The zero-order valence-electron chi connectivity index (χ0n) is 12.6. The number of rotatable bonds is 5. The van der Waals surface area contributed by atoms with Gasteiger partial charge in [0.1, 0.15) is 0 Å². The van der Waals surface area contributed by atoms with E-state index in [0.717, 1.165) is 5.56 Å². The molecule has 0 spiro atoms. The van der Waals surface area contributed by atoms with Crippen LogP contribution in [0.15, 0.2) is 30.3 Å². The quantitative estimate of drug-likeness (QED) is 0.883. The lowest BCUT2D eigenvalue weighted by molar-refractivity contribution is -0.138. The van der Waals surface area contributed by atoms with Crippen LogP contribution in [-0.4, -0.2) is 29.1 Å². The van der Waals surface area contributed by atoms with E-state index in [4.69, 9.17) is 5.11 Å². The van der Waals surface area contributed by atoms with E-state index in [1.54, 1.807) is 0 Å². The Morgan fingerprint density at radius 3 is 2.21 bits per heavy atom. The minimum atomic E-state index is -0.762. The van der Waals surface area contributed by atoms with Crippen LogP contribution < -0.4 is 0 Å². The Balaban J connectivity index is 3.01. The zero-order chi connectivity index (χ0) is 14.6. The second-order valence-corrected chi connectivity index (χ2v) is 6.23. The van der Waals surface area contributed by atoms with Gasteiger partial charge in [0.15, 0.2) is 0 Å². The lowest BCUT2D eigenvalue weighted by Gasteiger charge is -2.40. The topological polar surface area (TPSA) is 40.5 Å². The number of carboxylic acid groups (broad SMARTS) is 1. The number of nitrogens with zero attached hydrogens (tertiary/aromatic N) is 1. The maximum absolute atomic E-state index is 11.1. The van der Waals surface area contributed by atoms with Crippen LogP contribution in [0.1, 0.15) is 45.7 Å². The number of hydrogen-bond donors (Lipinski definition) is 1. The number of hydrogen-bond acceptors (Lipinski definition) is 2. The van der Waals surface area contributed by atoms with Gasteiger partial charge < -0.3 is 5.11 Å². The van der Waals surface area contributed by atoms with E-state index in [-0.39, 0.29) is 23.9 Å². The summed E-state index contributed by atoms with van der Waals surface area (Å²) in [6, 6.07) is 10.1. The van der Waals surface area contributed by atoms with Crippen molar-refractivity contribution in [3.63, 3.8) is 0 Å². The van der Waals surface area contributed by atoms with E-state index in [1.807, 2.05) is 37.4 Å². The van der Waals surface area contributed by atoms with Crippen molar-refractivity contribution in [2.24, 2.45) is 5.41 Å². The van der Waals surface area contributed by atoms with Crippen LogP contribution in [0.5, 0.6) is 0 Å². The maximum atomic E-state index is 11.1. The third-order valence-electron chi connectivity index (χ3n) is 3.91. The molecule has 3 heteroatoms. The highest BCUT2D eigenvalue weighted by Gasteiger charge is 2.30. The Kier molecular flexibility index (Phi) is 5.12. The molecule has 106 valence electrons. The first-order valence-corrected chi connectivity index (χ1v) is 6.72. The summed E-state index contributed by atoms with van der Waals surface area (Å²) in [6.45, 7) is 8.68. The van der Waals surface area contributed by atoms with Gasteiger partial charge in [0.2, 0.25) is 0 Å².